The van der Waals surface area contributed by atoms with Gasteiger partial charge in [-0.15, -0.1) is 0 Å². The second-order valence-electron chi connectivity index (χ2n) is 5.65. The molecule has 1 aromatic heterocycles. The molecule has 0 fully saturated rings. The zero-order valence-electron chi connectivity index (χ0n) is 13.8. The zero-order valence-corrected chi connectivity index (χ0v) is 13.8. The average molecular weight is 347 g/mol. The first kappa shape index (κ1) is 17.3. The first-order valence-electron chi connectivity index (χ1n) is 8.00. The number of hydroxylamine groups is 1. The molecule has 3 N–H and O–H groups in total. The lowest BCUT2D eigenvalue weighted by Crippen LogP contribution is -2.22. The molecule has 0 aliphatic heterocycles. The summed E-state index contributed by atoms with van der Waals surface area (Å²) < 4.78 is 0. The Morgan fingerprint density at radius 1 is 1.08 bits per heavy atom. The maximum atomic E-state index is 12.3. The molecule has 130 valence electrons. The molecule has 3 rings (SSSR count). The van der Waals surface area contributed by atoms with Crippen LogP contribution in [0.15, 0.2) is 66.9 Å². The van der Waals surface area contributed by atoms with E-state index in [0.29, 0.717) is 12.1 Å². The van der Waals surface area contributed by atoms with Crippen molar-refractivity contribution in [1.29, 1.82) is 0 Å². The minimum absolute atomic E-state index is 0.188. The van der Waals surface area contributed by atoms with Crippen LogP contribution in [0.3, 0.4) is 0 Å². The summed E-state index contributed by atoms with van der Waals surface area (Å²) in [6.45, 7) is 0.382. The third-order valence-corrected chi connectivity index (χ3v) is 3.82. The summed E-state index contributed by atoms with van der Waals surface area (Å²) in [5, 5.41) is 12.2. The molecular weight excluding hydrogens is 330 g/mol. The molecule has 0 bridgehead atoms. The summed E-state index contributed by atoms with van der Waals surface area (Å²) in [5.74, 6) is -0.780. The van der Waals surface area contributed by atoms with Crippen LogP contribution in [0.1, 0.15) is 21.5 Å². The van der Waals surface area contributed by atoms with Crippen LogP contribution < -0.4 is 10.8 Å². The Hall–Kier alpha value is -3.51. The van der Waals surface area contributed by atoms with Gasteiger partial charge in [0.2, 0.25) is 0 Å². The highest BCUT2D eigenvalue weighted by Gasteiger charge is 2.07. The molecule has 2 aromatic carbocycles. The summed E-state index contributed by atoms with van der Waals surface area (Å²) in [7, 11) is 0. The maximum absolute atomic E-state index is 12.3. The lowest BCUT2D eigenvalue weighted by Gasteiger charge is -2.06. The number of nitrogens with one attached hydrogen (secondary N) is 2. The van der Waals surface area contributed by atoms with Gasteiger partial charge in [-0.1, -0.05) is 42.5 Å². The van der Waals surface area contributed by atoms with E-state index < -0.39 is 5.91 Å². The molecule has 3 aromatic rings. The molecule has 0 saturated carbocycles. The number of hydrogen-bond donors (Lipinski definition) is 3. The molecule has 0 radical (unpaired) electrons. The van der Waals surface area contributed by atoms with Crippen molar-refractivity contribution in [1.82, 2.24) is 15.8 Å². The van der Waals surface area contributed by atoms with E-state index in [4.69, 9.17) is 5.21 Å². The van der Waals surface area contributed by atoms with Crippen LogP contribution in [-0.4, -0.2) is 22.0 Å². The number of aromatic nitrogens is 1. The van der Waals surface area contributed by atoms with Crippen LogP contribution >= 0.6 is 0 Å². The van der Waals surface area contributed by atoms with Gasteiger partial charge in [-0.05, 0) is 29.3 Å². The van der Waals surface area contributed by atoms with Gasteiger partial charge in [0.25, 0.3) is 11.8 Å². The third kappa shape index (κ3) is 4.31. The molecule has 26 heavy (non-hydrogen) atoms. The van der Waals surface area contributed by atoms with Gasteiger partial charge in [-0.3, -0.25) is 19.8 Å². The van der Waals surface area contributed by atoms with E-state index >= 15 is 0 Å². The maximum Gasteiger partial charge on any atom is 0.267 e. The number of hydrogen-bond acceptors (Lipinski definition) is 4. The van der Waals surface area contributed by atoms with Gasteiger partial charge in [0.05, 0.1) is 11.1 Å². The fourth-order valence-electron chi connectivity index (χ4n) is 2.44. The van der Waals surface area contributed by atoms with E-state index in [0.717, 1.165) is 22.0 Å². The fraction of sp³-hybridized carbons (Fsp3) is 0.0500. The molecule has 2 amide bonds. The van der Waals surface area contributed by atoms with Crippen molar-refractivity contribution >= 4 is 28.8 Å². The van der Waals surface area contributed by atoms with E-state index in [2.05, 4.69) is 10.3 Å². The van der Waals surface area contributed by atoms with Crippen molar-refractivity contribution in [2.24, 2.45) is 0 Å². The lowest BCUT2D eigenvalue weighted by atomic mass is 10.1. The summed E-state index contributed by atoms with van der Waals surface area (Å²) in [6.07, 6.45) is 4.37. The molecule has 0 spiro atoms. The van der Waals surface area contributed by atoms with Gasteiger partial charge in [0, 0.05) is 24.2 Å². The average Bonchev–Trinajstić information content (AvgIpc) is 2.70. The standard InChI is InChI=1S/C20H17N3O3/c24-19(23-26)10-9-14-5-7-15(8-6-14)12-22-20(25)17-11-16-3-1-2-4-18(16)21-13-17/h1-11,13,26H,12H2,(H,22,25)(H,23,24). The van der Waals surface area contributed by atoms with Crippen molar-refractivity contribution < 1.29 is 14.8 Å². The summed E-state index contributed by atoms with van der Waals surface area (Å²) in [6, 6.07) is 16.8. The smallest absolute Gasteiger partial charge is 0.267 e. The zero-order chi connectivity index (χ0) is 18.4. The van der Waals surface area contributed by atoms with Crippen molar-refractivity contribution in [2.75, 3.05) is 0 Å². The Bertz CT molecular complexity index is 965. The number of pyridine rings is 1. The predicted molar refractivity (Wildman–Crippen MR) is 98.3 cm³/mol. The quantitative estimate of drug-likeness (QED) is 0.376. The summed E-state index contributed by atoms with van der Waals surface area (Å²) in [4.78, 5) is 27.5. The lowest BCUT2D eigenvalue weighted by molar-refractivity contribution is -0.124. The summed E-state index contributed by atoms with van der Waals surface area (Å²) in [5.41, 5.74) is 4.62. The molecule has 0 aliphatic carbocycles. The van der Waals surface area contributed by atoms with Crippen LogP contribution in [0.5, 0.6) is 0 Å². The Morgan fingerprint density at radius 3 is 2.62 bits per heavy atom. The van der Waals surface area contributed by atoms with Crippen LogP contribution in [0, 0.1) is 0 Å². The monoisotopic (exact) mass is 347 g/mol. The number of carbonyl (C=O) groups is 2. The molecule has 1 heterocycles. The van der Waals surface area contributed by atoms with E-state index in [9.17, 15) is 9.59 Å². The molecule has 0 unspecified atom stereocenters. The third-order valence-electron chi connectivity index (χ3n) is 3.82. The number of carbonyl (C=O) groups excluding carboxylic acids is 2. The molecule has 0 atom stereocenters. The highest BCUT2D eigenvalue weighted by Crippen LogP contribution is 2.13. The fourth-order valence-corrected chi connectivity index (χ4v) is 2.44. The Morgan fingerprint density at radius 2 is 1.85 bits per heavy atom. The van der Waals surface area contributed by atoms with Gasteiger partial charge >= 0.3 is 0 Å². The predicted octanol–water partition coefficient (Wildman–Crippen LogP) is 2.68. The van der Waals surface area contributed by atoms with Crippen LogP contribution in [0.25, 0.3) is 17.0 Å². The number of rotatable bonds is 5. The van der Waals surface area contributed by atoms with Crippen molar-refractivity contribution in [3.05, 3.63) is 83.6 Å². The van der Waals surface area contributed by atoms with Gasteiger partial charge in [0.1, 0.15) is 0 Å². The van der Waals surface area contributed by atoms with Crippen molar-refractivity contribution in [2.45, 2.75) is 6.54 Å². The molecule has 6 heteroatoms. The summed E-state index contributed by atoms with van der Waals surface area (Å²) >= 11 is 0. The number of para-hydroxylation sites is 1. The van der Waals surface area contributed by atoms with Crippen molar-refractivity contribution in [3.8, 4) is 0 Å². The van der Waals surface area contributed by atoms with Crippen molar-refractivity contribution in [3.63, 3.8) is 0 Å². The van der Waals surface area contributed by atoms with Gasteiger partial charge in [0.15, 0.2) is 0 Å². The highest BCUT2D eigenvalue weighted by molar-refractivity contribution is 5.97. The van der Waals surface area contributed by atoms with Gasteiger partial charge in [-0.2, -0.15) is 0 Å². The first-order chi connectivity index (χ1) is 12.7. The van der Waals surface area contributed by atoms with Crippen LogP contribution in [0.4, 0.5) is 0 Å². The number of nitrogens with zero attached hydrogens (tertiary/aromatic N) is 1. The largest absolute Gasteiger partial charge is 0.348 e. The molecule has 0 aliphatic rings. The first-order valence-corrected chi connectivity index (χ1v) is 8.00. The van der Waals surface area contributed by atoms with E-state index in [-0.39, 0.29) is 5.91 Å². The molecule has 0 saturated heterocycles. The number of fused-ring (bicyclic) bond motifs is 1. The highest BCUT2D eigenvalue weighted by atomic mass is 16.5. The van der Waals surface area contributed by atoms with Crippen LogP contribution in [0.2, 0.25) is 0 Å². The SMILES string of the molecule is O=C(C=Cc1ccc(CNC(=O)c2cnc3ccccc3c2)cc1)NO. The normalized spacial score (nSPS) is 10.8. The second kappa shape index (κ2) is 8.04. The minimum Gasteiger partial charge on any atom is -0.348 e. The van der Waals surface area contributed by atoms with Gasteiger partial charge < -0.3 is 5.32 Å². The topological polar surface area (TPSA) is 91.3 Å². The second-order valence-corrected chi connectivity index (χ2v) is 5.65. The minimum atomic E-state index is -0.592. The van der Waals surface area contributed by atoms with Crippen LogP contribution in [-0.2, 0) is 11.3 Å². The van der Waals surface area contributed by atoms with E-state index in [1.807, 2.05) is 54.6 Å². The number of benzene rings is 2. The van der Waals surface area contributed by atoms with E-state index in [1.54, 1.807) is 12.3 Å². The van der Waals surface area contributed by atoms with Gasteiger partial charge in [-0.25, -0.2) is 5.48 Å². The molecule has 6 nitrogen and oxygen atoms in total. The van der Waals surface area contributed by atoms with E-state index in [1.165, 1.54) is 11.6 Å². The Labute approximate surface area is 150 Å². The Kier molecular flexibility index (Phi) is 5.36. The molecular formula is C20H17N3O3. The Balaban J connectivity index is 1.61. The number of amides is 2.